The van der Waals surface area contributed by atoms with Crippen LogP contribution in [0.3, 0.4) is 0 Å². The van der Waals surface area contributed by atoms with Gasteiger partial charge in [0.15, 0.2) is 11.6 Å². The number of aryl methyl sites for hydroxylation is 3. The molecular weight excluding hydrogens is 369 g/mol. The number of non-ortho nitro benzene ring substituents is 1. The third-order valence-electron chi connectivity index (χ3n) is 3.96. The van der Waals surface area contributed by atoms with Crippen LogP contribution in [0.4, 0.5) is 10.1 Å². The van der Waals surface area contributed by atoms with Crippen molar-refractivity contribution in [2.24, 2.45) is 0 Å². The molecule has 0 spiro atoms. The number of aromatic nitrogens is 2. The topological polar surface area (TPSA) is 101 Å². The van der Waals surface area contributed by atoms with E-state index >= 15 is 0 Å². The molecular formula is C19H18FN3O5. The lowest BCUT2D eigenvalue weighted by atomic mass is 10.1. The van der Waals surface area contributed by atoms with E-state index in [4.69, 9.17) is 14.0 Å². The standard InChI is InChI=1S/C19H18FN3O5/c1-11-8-14(19-21-13(3)28-22-19)9-12(2)18(11)27-7-6-26-17-5-4-15(23(24)25)10-16(17)20/h4-5,8-10H,6-7H2,1-3H3. The monoisotopic (exact) mass is 387 g/mol. The van der Waals surface area contributed by atoms with Gasteiger partial charge in [-0.15, -0.1) is 0 Å². The molecule has 3 rings (SSSR count). The van der Waals surface area contributed by atoms with Crippen LogP contribution in [0.25, 0.3) is 11.4 Å². The number of hydrogen-bond acceptors (Lipinski definition) is 7. The van der Waals surface area contributed by atoms with Crippen molar-refractivity contribution in [3.8, 4) is 22.9 Å². The summed E-state index contributed by atoms with van der Waals surface area (Å²) in [5.74, 6) is 0.831. The van der Waals surface area contributed by atoms with Gasteiger partial charge in [-0.1, -0.05) is 5.16 Å². The zero-order chi connectivity index (χ0) is 20.3. The molecule has 0 fully saturated rings. The smallest absolute Gasteiger partial charge is 0.272 e. The van der Waals surface area contributed by atoms with Gasteiger partial charge in [0, 0.05) is 18.6 Å². The van der Waals surface area contributed by atoms with Crippen LogP contribution < -0.4 is 9.47 Å². The molecule has 0 aliphatic carbocycles. The highest BCUT2D eigenvalue weighted by molar-refractivity contribution is 5.60. The minimum absolute atomic E-state index is 0.0644. The van der Waals surface area contributed by atoms with E-state index in [1.807, 2.05) is 26.0 Å². The second-order valence-electron chi connectivity index (χ2n) is 6.14. The highest BCUT2D eigenvalue weighted by Gasteiger charge is 2.13. The Morgan fingerprint density at radius 2 is 1.79 bits per heavy atom. The molecule has 0 saturated heterocycles. The van der Waals surface area contributed by atoms with Crippen molar-refractivity contribution in [2.75, 3.05) is 13.2 Å². The molecule has 0 aliphatic rings. The molecule has 9 heteroatoms. The Hall–Kier alpha value is -3.49. The molecule has 0 atom stereocenters. The normalized spacial score (nSPS) is 10.7. The van der Waals surface area contributed by atoms with Crippen LogP contribution in [0.2, 0.25) is 0 Å². The van der Waals surface area contributed by atoms with Gasteiger partial charge in [-0.2, -0.15) is 4.98 Å². The molecule has 0 saturated carbocycles. The minimum Gasteiger partial charge on any atom is -0.489 e. The van der Waals surface area contributed by atoms with Crippen molar-refractivity contribution < 1.29 is 23.3 Å². The summed E-state index contributed by atoms with van der Waals surface area (Å²) < 4.78 is 29.9. The summed E-state index contributed by atoms with van der Waals surface area (Å²) in [6.45, 7) is 5.78. The summed E-state index contributed by atoms with van der Waals surface area (Å²) in [7, 11) is 0. The molecule has 0 aliphatic heterocycles. The molecule has 0 N–H and O–H groups in total. The Kier molecular flexibility index (Phi) is 5.53. The average molecular weight is 387 g/mol. The second-order valence-corrected chi connectivity index (χ2v) is 6.14. The van der Waals surface area contributed by atoms with Gasteiger partial charge in [0.2, 0.25) is 11.7 Å². The van der Waals surface area contributed by atoms with Crippen molar-refractivity contribution in [1.82, 2.24) is 10.1 Å². The van der Waals surface area contributed by atoms with Crippen LogP contribution in [0, 0.1) is 36.7 Å². The van der Waals surface area contributed by atoms with Gasteiger partial charge < -0.3 is 14.0 Å². The van der Waals surface area contributed by atoms with Crippen LogP contribution in [-0.4, -0.2) is 28.3 Å². The molecule has 3 aromatic rings. The Morgan fingerprint density at radius 1 is 1.11 bits per heavy atom. The lowest BCUT2D eigenvalue weighted by molar-refractivity contribution is -0.385. The molecule has 28 heavy (non-hydrogen) atoms. The van der Waals surface area contributed by atoms with E-state index in [0.717, 1.165) is 22.8 Å². The fraction of sp³-hybridized carbons (Fsp3) is 0.263. The number of nitro benzene ring substituents is 1. The first kappa shape index (κ1) is 19.3. The zero-order valence-corrected chi connectivity index (χ0v) is 15.6. The van der Waals surface area contributed by atoms with Gasteiger partial charge in [-0.3, -0.25) is 10.1 Å². The van der Waals surface area contributed by atoms with E-state index in [0.29, 0.717) is 17.5 Å². The number of halogens is 1. The van der Waals surface area contributed by atoms with Gasteiger partial charge in [0.25, 0.3) is 5.69 Å². The Morgan fingerprint density at radius 3 is 2.36 bits per heavy atom. The van der Waals surface area contributed by atoms with E-state index in [1.54, 1.807) is 6.92 Å². The van der Waals surface area contributed by atoms with E-state index < -0.39 is 10.7 Å². The highest BCUT2D eigenvalue weighted by atomic mass is 19.1. The van der Waals surface area contributed by atoms with E-state index in [2.05, 4.69) is 10.1 Å². The predicted octanol–water partition coefficient (Wildman–Crippen LogP) is 4.17. The first-order valence-electron chi connectivity index (χ1n) is 8.46. The van der Waals surface area contributed by atoms with Crippen LogP contribution in [-0.2, 0) is 0 Å². The quantitative estimate of drug-likeness (QED) is 0.341. The van der Waals surface area contributed by atoms with Crippen molar-refractivity contribution in [2.45, 2.75) is 20.8 Å². The fourth-order valence-electron chi connectivity index (χ4n) is 2.74. The number of hydrogen-bond donors (Lipinski definition) is 0. The number of nitrogens with zero attached hydrogens (tertiary/aromatic N) is 3. The summed E-state index contributed by atoms with van der Waals surface area (Å²) in [6.07, 6.45) is 0. The molecule has 0 bridgehead atoms. The van der Waals surface area contributed by atoms with Crippen molar-refractivity contribution in [3.05, 3.63) is 63.3 Å². The number of ether oxygens (including phenoxy) is 2. The lowest BCUT2D eigenvalue weighted by Gasteiger charge is -2.14. The number of nitro groups is 1. The van der Waals surface area contributed by atoms with Gasteiger partial charge in [0.05, 0.1) is 11.0 Å². The van der Waals surface area contributed by atoms with Crippen LogP contribution in [0.1, 0.15) is 17.0 Å². The average Bonchev–Trinajstić information content (AvgIpc) is 3.07. The lowest BCUT2D eigenvalue weighted by Crippen LogP contribution is -2.11. The summed E-state index contributed by atoms with van der Waals surface area (Å²) in [6, 6.07) is 7.02. The largest absolute Gasteiger partial charge is 0.489 e. The SMILES string of the molecule is Cc1nc(-c2cc(C)c(OCCOc3ccc([N+](=O)[O-])cc3F)c(C)c2)no1. The van der Waals surface area contributed by atoms with Crippen LogP contribution in [0.15, 0.2) is 34.9 Å². The maximum Gasteiger partial charge on any atom is 0.272 e. The molecule has 2 aromatic carbocycles. The molecule has 1 heterocycles. The molecule has 0 amide bonds. The Bertz CT molecular complexity index is 996. The van der Waals surface area contributed by atoms with E-state index in [1.165, 1.54) is 12.1 Å². The van der Waals surface area contributed by atoms with E-state index in [-0.39, 0.29) is 24.7 Å². The first-order valence-corrected chi connectivity index (χ1v) is 8.46. The first-order chi connectivity index (χ1) is 13.3. The van der Waals surface area contributed by atoms with Gasteiger partial charge in [-0.05, 0) is 43.2 Å². The minimum atomic E-state index is -0.790. The maximum atomic E-state index is 13.8. The summed E-state index contributed by atoms with van der Waals surface area (Å²) in [5.41, 5.74) is 2.27. The number of benzene rings is 2. The predicted molar refractivity (Wildman–Crippen MR) is 98.0 cm³/mol. The van der Waals surface area contributed by atoms with Crippen LogP contribution in [0.5, 0.6) is 11.5 Å². The molecule has 1 aromatic heterocycles. The van der Waals surface area contributed by atoms with Gasteiger partial charge >= 0.3 is 0 Å². The molecule has 0 unspecified atom stereocenters. The highest BCUT2D eigenvalue weighted by Crippen LogP contribution is 2.29. The summed E-state index contributed by atoms with van der Waals surface area (Å²) >= 11 is 0. The van der Waals surface area contributed by atoms with Crippen molar-refractivity contribution in [3.63, 3.8) is 0 Å². The fourth-order valence-corrected chi connectivity index (χ4v) is 2.74. The second kappa shape index (κ2) is 8.03. The molecule has 8 nitrogen and oxygen atoms in total. The summed E-state index contributed by atoms with van der Waals surface area (Å²) in [4.78, 5) is 14.2. The zero-order valence-electron chi connectivity index (χ0n) is 15.6. The third-order valence-corrected chi connectivity index (χ3v) is 3.96. The summed E-state index contributed by atoms with van der Waals surface area (Å²) in [5, 5.41) is 14.5. The third kappa shape index (κ3) is 4.25. The van der Waals surface area contributed by atoms with Gasteiger partial charge in [-0.25, -0.2) is 4.39 Å². The number of rotatable bonds is 7. The van der Waals surface area contributed by atoms with Crippen LogP contribution >= 0.6 is 0 Å². The molecule has 0 radical (unpaired) electrons. The van der Waals surface area contributed by atoms with Crippen molar-refractivity contribution >= 4 is 5.69 Å². The Labute approximate surface area is 160 Å². The Balaban J connectivity index is 1.61. The molecule has 146 valence electrons. The van der Waals surface area contributed by atoms with E-state index in [9.17, 15) is 14.5 Å². The van der Waals surface area contributed by atoms with Crippen molar-refractivity contribution in [1.29, 1.82) is 0 Å². The maximum absolute atomic E-state index is 13.8. The van der Waals surface area contributed by atoms with Gasteiger partial charge in [0.1, 0.15) is 19.0 Å².